The van der Waals surface area contributed by atoms with Gasteiger partial charge in [-0.05, 0) is 44.6 Å². The van der Waals surface area contributed by atoms with Gasteiger partial charge in [0.1, 0.15) is 11.5 Å². The first-order valence-corrected chi connectivity index (χ1v) is 9.86. The topological polar surface area (TPSA) is 97.8 Å². The average molecular weight is 405 g/mol. The molecular weight excluding hydrogens is 384 g/mol. The zero-order valence-electron chi connectivity index (χ0n) is 15.6. The Balaban J connectivity index is 1.73. The molecule has 3 aliphatic rings. The number of benzene rings is 1. The van der Waals surface area contributed by atoms with Crippen LogP contribution in [0.15, 0.2) is 17.1 Å². The number of carbonyl (C=O) groups is 1. The number of piperidine rings is 1. The van der Waals surface area contributed by atoms with E-state index in [9.17, 15) is 9.59 Å². The molecule has 1 aliphatic carbocycles. The fourth-order valence-corrected chi connectivity index (χ4v) is 5.03. The predicted molar refractivity (Wildman–Crippen MR) is 102 cm³/mol. The Morgan fingerprint density at radius 1 is 1.14 bits per heavy atom. The molecule has 1 aromatic heterocycles. The van der Waals surface area contributed by atoms with Gasteiger partial charge in [0.05, 0.1) is 17.1 Å². The van der Waals surface area contributed by atoms with Crippen molar-refractivity contribution in [3.05, 3.63) is 34.1 Å². The van der Waals surface area contributed by atoms with Crippen LogP contribution in [0.25, 0.3) is 10.9 Å². The van der Waals surface area contributed by atoms with Gasteiger partial charge in [-0.3, -0.25) is 4.79 Å². The number of fused-ring (bicyclic) bond motifs is 3. The molecule has 2 aliphatic heterocycles. The van der Waals surface area contributed by atoms with Gasteiger partial charge in [0.25, 0.3) is 0 Å². The number of halogens is 2. The van der Waals surface area contributed by atoms with Crippen LogP contribution >= 0.6 is 0 Å². The van der Waals surface area contributed by atoms with E-state index in [0.29, 0.717) is 12.8 Å². The summed E-state index contributed by atoms with van der Waals surface area (Å²) >= 11 is 0. The summed E-state index contributed by atoms with van der Waals surface area (Å²) in [5, 5.41) is 8.67. The monoisotopic (exact) mass is 405 g/mol. The van der Waals surface area contributed by atoms with Crippen molar-refractivity contribution >= 4 is 22.7 Å². The molecule has 1 aromatic carbocycles. The summed E-state index contributed by atoms with van der Waals surface area (Å²) in [6.45, 7) is 0. The van der Waals surface area contributed by atoms with Gasteiger partial charge in [-0.1, -0.05) is 0 Å². The average Bonchev–Trinajstić information content (AvgIpc) is 3.44. The molecule has 5 rings (SSSR count). The summed E-state index contributed by atoms with van der Waals surface area (Å²) in [6, 6.07) is 0.906. The standard InChI is InChI=1S/C20H21F2N3O4/c21-14-7-13-17(24(10-1-2-10)8-15(19(13)26)29-20(27)28)16(22)18(14)25-11-3-4-12(25)6-9(23)5-11/h7-12H,1-6,23H2,(H,27,28). The van der Waals surface area contributed by atoms with Crippen LogP contribution in [0.2, 0.25) is 0 Å². The number of carboxylic acid groups (broad SMARTS) is 1. The smallest absolute Gasteiger partial charge is 0.449 e. The van der Waals surface area contributed by atoms with Gasteiger partial charge in [-0.2, -0.15) is 0 Å². The Morgan fingerprint density at radius 2 is 1.76 bits per heavy atom. The Morgan fingerprint density at radius 3 is 2.34 bits per heavy atom. The molecule has 2 atom stereocenters. The van der Waals surface area contributed by atoms with E-state index >= 15 is 8.78 Å². The van der Waals surface area contributed by atoms with Crippen molar-refractivity contribution in [2.75, 3.05) is 4.90 Å². The molecule has 1 saturated carbocycles. The van der Waals surface area contributed by atoms with Crippen molar-refractivity contribution < 1.29 is 23.4 Å². The third-order valence-corrected chi connectivity index (χ3v) is 6.32. The van der Waals surface area contributed by atoms with Crippen molar-refractivity contribution in [2.45, 2.75) is 62.7 Å². The summed E-state index contributed by atoms with van der Waals surface area (Å²) in [6.07, 6.45) is 4.11. The van der Waals surface area contributed by atoms with Crippen LogP contribution in [0, 0.1) is 11.6 Å². The highest BCUT2D eigenvalue weighted by atomic mass is 19.1. The van der Waals surface area contributed by atoms with Crippen molar-refractivity contribution in [1.82, 2.24) is 4.57 Å². The molecule has 3 N–H and O–H groups in total. The number of ether oxygens (including phenoxy) is 1. The fraction of sp³-hybridized carbons (Fsp3) is 0.500. The number of hydrogen-bond acceptors (Lipinski definition) is 5. The van der Waals surface area contributed by atoms with Crippen LogP contribution in [0.3, 0.4) is 0 Å². The largest absolute Gasteiger partial charge is 0.511 e. The van der Waals surface area contributed by atoms with Gasteiger partial charge in [-0.25, -0.2) is 13.6 Å². The first-order chi connectivity index (χ1) is 13.8. The van der Waals surface area contributed by atoms with E-state index in [2.05, 4.69) is 4.74 Å². The molecule has 29 heavy (non-hydrogen) atoms. The Labute approximate surface area is 164 Å². The zero-order chi connectivity index (χ0) is 20.4. The second-order valence-corrected chi connectivity index (χ2v) is 8.27. The molecule has 2 bridgehead atoms. The summed E-state index contributed by atoms with van der Waals surface area (Å²) in [5.41, 5.74) is 5.14. The fourth-order valence-electron chi connectivity index (χ4n) is 5.03. The van der Waals surface area contributed by atoms with Gasteiger partial charge in [0, 0.05) is 24.2 Å². The lowest BCUT2D eigenvalue weighted by molar-refractivity contribution is 0.143. The van der Waals surface area contributed by atoms with Crippen molar-refractivity contribution in [2.24, 2.45) is 5.73 Å². The highest BCUT2D eigenvalue weighted by molar-refractivity contribution is 5.86. The van der Waals surface area contributed by atoms with E-state index in [0.717, 1.165) is 31.7 Å². The van der Waals surface area contributed by atoms with E-state index in [-0.39, 0.29) is 40.8 Å². The maximum Gasteiger partial charge on any atom is 0.511 e. The molecule has 9 heteroatoms. The Hall–Kier alpha value is -2.68. The van der Waals surface area contributed by atoms with E-state index in [1.807, 2.05) is 0 Å². The second kappa shape index (κ2) is 6.41. The normalized spacial score (nSPS) is 26.2. The number of hydrogen-bond donors (Lipinski definition) is 2. The molecule has 7 nitrogen and oxygen atoms in total. The lowest BCUT2D eigenvalue weighted by Crippen LogP contribution is -2.48. The maximum absolute atomic E-state index is 15.8. The van der Waals surface area contributed by atoms with E-state index < -0.39 is 29.0 Å². The van der Waals surface area contributed by atoms with Gasteiger partial charge in [0.2, 0.25) is 5.43 Å². The maximum atomic E-state index is 15.8. The molecule has 0 spiro atoms. The lowest BCUT2D eigenvalue weighted by atomic mass is 9.97. The van der Waals surface area contributed by atoms with Crippen LogP contribution in [0.4, 0.5) is 19.3 Å². The third-order valence-electron chi connectivity index (χ3n) is 6.32. The van der Waals surface area contributed by atoms with Gasteiger partial charge >= 0.3 is 6.16 Å². The first-order valence-electron chi connectivity index (χ1n) is 9.86. The third kappa shape index (κ3) is 2.87. The summed E-state index contributed by atoms with van der Waals surface area (Å²) in [7, 11) is 0. The zero-order valence-corrected chi connectivity index (χ0v) is 15.6. The van der Waals surface area contributed by atoms with Crippen LogP contribution in [0.1, 0.15) is 44.6 Å². The van der Waals surface area contributed by atoms with Crippen molar-refractivity contribution in [3.63, 3.8) is 0 Å². The molecule has 0 amide bonds. The number of pyridine rings is 1. The van der Waals surface area contributed by atoms with Crippen molar-refractivity contribution in [1.29, 1.82) is 0 Å². The molecule has 0 radical (unpaired) electrons. The minimum atomic E-state index is -1.65. The number of nitrogens with two attached hydrogens (primary N) is 1. The van der Waals surface area contributed by atoms with E-state index in [1.165, 1.54) is 10.8 Å². The van der Waals surface area contributed by atoms with Gasteiger partial charge in [0.15, 0.2) is 11.6 Å². The number of rotatable bonds is 3. The predicted octanol–water partition coefficient (Wildman–Crippen LogP) is 3.13. The molecule has 2 saturated heterocycles. The molecular formula is C20H21F2N3O4. The van der Waals surface area contributed by atoms with Crippen LogP contribution in [-0.4, -0.2) is 34.0 Å². The molecule has 2 aromatic rings. The number of aromatic nitrogens is 1. The molecule has 154 valence electrons. The molecule has 2 unspecified atom stereocenters. The van der Waals surface area contributed by atoms with Crippen LogP contribution < -0.4 is 20.8 Å². The highest BCUT2D eigenvalue weighted by Gasteiger charge is 2.42. The number of nitrogens with zero attached hydrogens (tertiary/aromatic N) is 2. The number of anilines is 1. The van der Waals surface area contributed by atoms with Crippen LogP contribution in [0.5, 0.6) is 5.75 Å². The Kier molecular flexibility index (Phi) is 4.06. The summed E-state index contributed by atoms with van der Waals surface area (Å²) in [5.74, 6) is -2.06. The van der Waals surface area contributed by atoms with E-state index in [4.69, 9.17) is 10.8 Å². The molecule has 3 fully saturated rings. The first kappa shape index (κ1) is 18.4. The summed E-state index contributed by atoms with van der Waals surface area (Å²) in [4.78, 5) is 25.4. The minimum absolute atomic E-state index is 0.000843. The minimum Gasteiger partial charge on any atom is -0.449 e. The van der Waals surface area contributed by atoms with Gasteiger partial charge < -0.3 is 25.0 Å². The Bertz CT molecular complexity index is 1070. The van der Waals surface area contributed by atoms with E-state index in [1.54, 1.807) is 4.90 Å². The summed E-state index contributed by atoms with van der Waals surface area (Å²) < 4.78 is 37.0. The SMILES string of the molecule is NC1CC2CCC(C1)N2c1c(F)cc2c(=O)c(OC(=O)O)cn(C3CC3)c2c1F. The van der Waals surface area contributed by atoms with Gasteiger partial charge in [-0.15, -0.1) is 0 Å². The molecule has 3 heterocycles. The lowest BCUT2D eigenvalue weighted by Gasteiger charge is -2.39. The highest BCUT2D eigenvalue weighted by Crippen LogP contribution is 2.44. The van der Waals surface area contributed by atoms with Crippen LogP contribution in [-0.2, 0) is 0 Å². The second-order valence-electron chi connectivity index (χ2n) is 8.27. The quantitative estimate of drug-likeness (QED) is 0.762. The van der Waals surface area contributed by atoms with Crippen molar-refractivity contribution in [3.8, 4) is 5.75 Å².